The molecule has 0 radical (unpaired) electrons. The van der Waals surface area contributed by atoms with Crippen LogP contribution in [0.1, 0.15) is 5.37 Å². The smallest absolute Gasteiger partial charge is 0.350 e. The van der Waals surface area contributed by atoms with Gasteiger partial charge >= 0.3 is 11.7 Å². The second-order valence-electron chi connectivity index (χ2n) is 5.01. The molecule has 9 nitrogen and oxygen atoms in total. The van der Waals surface area contributed by atoms with Crippen molar-refractivity contribution in [3.8, 4) is 0 Å². The predicted octanol–water partition coefficient (Wildman–Crippen LogP) is -2.04. The fourth-order valence-corrected chi connectivity index (χ4v) is 3.65. The van der Waals surface area contributed by atoms with E-state index in [9.17, 15) is 19.8 Å². The molecule has 2 unspecified atom stereocenters. The number of nitrogen functional groups attached to an aromatic ring is 1. The molecule has 0 aliphatic carbocycles. The molecule has 0 aromatic carbocycles. The highest BCUT2D eigenvalue weighted by atomic mass is 32.2. The monoisotopic (exact) mass is 362 g/mol. The molecule has 1 aliphatic rings. The largest absolute Gasteiger partial charge is 0.463 e. The molecule has 2 rings (SSSR count). The van der Waals surface area contributed by atoms with E-state index in [1.54, 1.807) is 0 Å². The molecule has 6 N–H and O–H groups in total. The molecule has 0 saturated carbocycles. The lowest BCUT2D eigenvalue weighted by Gasteiger charge is -2.17. The molecule has 1 aliphatic heterocycles. The van der Waals surface area contributed by atoms with E-state index in [4.69, 9.17) is 16.2 Å². The summed E-state index contributed by atoms with van der Waals surface area (Å²) in [6, 6.07) is 0.562. The maximum absolute atomic E-state index is 11.8. The lowest BCUT2D eigenvalue weighted by molar-refractivity contribution is -0.145. The normalized spacial score (nSPS) is 28.5. The Hall–Kier alpha value is -1.27. The van der Waals surface area contributed by atoms with E-state index in [2.05, 4.69) is 17.6 Å². The highest BCUT2D eigenvalue weighted by Crippen LogP contribution is 2.41. The highest BCUT2D eigenvalue weighted by molar-refractivity contribution is 8.00. The van der Waals surface area contributed by atoms with Gasteiger partial charge < -0.3 is 26.4 Å². The summed E-state index contributed by atoms with van der Waals surface area (Å²) in [6.45, 7) is -0.142. The van der Waals surface area contributed by atoms with Crippen molar-refractivity contribution in [2.45, 2.75) is 28.9 Å². The Balaban J connectivity index is 2.06. The predicted molar refractivity (Wildman–Crippen MR) is 88.1 cm³/mol. The number of aromatic nitrogens is 2. The molecular formula is C12H18N4O5S2. The summed E-state index contributed by atoms with van der Waals surface area (Å²) in [6.07, 6.45) is -0.997. The van der Waals surface area contributed by atoms with E-state index in [1.807, 2.05) is 0 Å². The zero-order valence-corrected chi connectivity index (χ0v) is 13.7. The van der Waals surface area contributed by atoms with Gasteiger partial charge in [-0.1, -0.05) is 0 Å². The number of aliphatic hydroxyl groups excluding tert-OH is 2. The Morgan fingerprint density at radius 1 is 1.52 bits per heavy atom. The number of nitrogens with zero attached hydrogens (tertiary/aromatic N) is 2. The standard InChI is InChI=1S/C12H18N4O5S2/c13-5(4-22)11(19)21-3-6-8(17)9(18)10(23-6)16-2-1-7(14)15-12(16)20/h1-2,5-6,8-10,17-18,22H,3-4,13H2,(H2,14,15,20)/t5-,6-,8?,9?,10-/m1/s1. The van der Waals surface area contributed by atoms with Gasteiger partial charge in [0, 0.05) is 11.9 Å². The first-order chi connectivity index (χ1) is 10.8. The maximum Gasteiger partial charge on any atom is 0.350 e. The number of esters is 1. The van der Waals surface area contributed by atoms with Crippen LogP contribution in [0.4, 0.5) is 5.82 Å². The third kappa shape index (κ3) is 3.98. The van der Waals surface area contributed by atoms with Crippen LogP contribution in [0.5, 0.6) is 0 Å². The molecule has 2 heterocycles. The summed E-state index contributed by atoms with van der Waals surface area (Å²) in [5.74, 6) is -0.440. The molecule has 1 fully saturated rings. The van der Waals surface area contributed by atoms with Gasteiger partial charge in [0.15, 0.2) is 0 Å². The number of nitrogens with two attached hydrogens (primary N) is 2. The van der Waals surface area contributed by atoms with Gasteiger partial charge in [-0.2, -0.15) is 17.6 Å². The van der Waals surface area contributed by atoms with Crippen molar-refractivity contribution >= 4 is 36.2 Å². The van der Waals surface area contributed by atoms with E-state index in [-0.39, 0.29) is 18.2 Å². The third-order valence-electron chi connectivity index (χ3n) is 3.35. The van der Waals surface area contributed by atoms with Gasteiger partial charge in [0.2, 0.25) is 0 Å². The minimum Gasteiger partial charge on any atom is -0.463 e. The third-order valence-corrected chi connectivity index (χ3v) is 5.29. The van der Waals surface area contributed by atoms with Crippen LogP contribution in [0.15, 0.2) is 17.1 Å². The molecule has 1 aromatic heterocycles. The first-order valence-electron chi connectivity index (χ1n) is 6.74. The summed E-state index contributed by atoms with van der Waals surface area (Å²) in [5, 5.41) is 18.8. The number of aliphatic hydroxyl groups is 2. The van der Waals surface area contributed by atoms with Crippen LogP contribution in [0, 0.1) is 0 Å². The van der Waals surface area contributed by atoms with Crippen molar-refractivity contribution in [3.05, 3.63) is 22.7 Å². The van der Waals surface area contributed by atoms with E-state index in [0.717, 1.165) is 11.8 Å². The van der Waals surface area contributed by atoms with E-state index < -0.39 is 40.5 Å². The summed E-state index contributed by atoms with van der Waals surface area (Å²) < 4.78 is 6.18. The average Bonchev–Trinajstić information content (AvgIpc) is 2.80. The van der Waals surface area contributed by atoms with E-state index >= 15 is 0 Å². The van der Waals surface area contributed by atoms with Crippen molar-refractivity contribution in [1.82, 2.24) is 9.55 Å². The quantitative estimate of drug-likeness (QED) is 0.294. The highest BCUT2D eigenvalue weighted by Gasteiger charge is 2.44. The van der Waals surface area contributed by atoms with Gasteiger partial charge in [-0.15, -0.1) is 11.8 Å². The van der Waals surface area contributed by atoms with E-state index in [0.29, 0.717) is 0 Å². The van der Waals surface area contributed by atoms with Crippen LogP contribution in [-0.2, 0) is 9.53 Å². The van der Waals surface area contributed by atoms with Gasteiger partial charge in [0.1, 0.15) is 29.9 Å². The second kappa shape index (κ2) is 7.53. The minimum absolute atomic E-state index is 0.0653. The number of thioether (sulfide) groups is 1. The fraction of sp³-hybridized carbons (Fsp3) is 0.583. The summed E-state index contributed by atoms with van der Waals surface area (Å²) in [5.41, 5.74) is 10.3. The topological polar surface area (TPSA) is 154 Å². The SMILES string of the molecule is Nc1ccn([C@@H]2S[C@H](COC(=O)[C@H](N)CS)C(O)C2O)c(=O)n1. The van der Waals surface area contributed by atoms with Crippen molar-refractivity contribution in [2.75, 3.05) is 18.1 Å². The van der Waals surface area contributed by atoms with Gasteiger partial charge in [0.25, 0.3) is 0 Å². The zero-order valence-electron chi connectivity index (χ0n) is 12.0. The summed E-state index contributed by atoms with van der Waals surface area (Å²) in [4.78, 5) is 26.9. The van der Waals surface area contributed by atoms with Crippen LogP contribution in [0.25, 0.3) is 0 Å². The molecule has 0 amide bonds. The van der Waals surface area contributed by atoms with Crippen LogP contribution in [0.3, 0.4) is 0 Å². The number of hydrogen-bond acceptors (Lipinski definition) is 10. The Bertz CT molecular complexity index is 628. The van der Waals surface area contributed by atoms with Crippen LogP contribution < -0.4 is 17.2 Å². The number of ether oxygens (including phenoxy) is 1. The second-order valence-corrected chi connectivity index (χ2v) is 6.73. The van der Waals surface area contributed by atoms with Crippen LogP contribution >= 0.6 is 24.4 Å². The zero-order chi connectivity index (χ0) is 17.1. The van der Waals surface area contributed by atoms with Gasteiger partial charge in [-0.3, -0.25) is 9.36 Å². The van der Waals surface area contributed by atoms with Crippen LogP contribution in [0.2, 0.25) is 0 Å². The molecule has 1 aromatic rings. The maximum atomic E-state index is 11.8. The van der Waals surface area contributed by atoms with Gasteiger partial charge in [-0.05, 0) is 6.07 Å². The molecule has 23 heavy (non-hydrogen) atoms. The summed E-state index contributed by atoms with van der Waals surface area (Å²) in [7, 11) is 0. The van der Waals surface area contributed by atoms with Crippen molar-refractivity contribution in [2.24, 2.45) is 5.73 Å². The van der Waals surface area contributed by atoms with Crippen molar-refractivity contribution < 1.29 is 19.7 Å². The number of hydrogen-bond donors (Lipinski definition) is 5. The molecule has 1 saturated heterocycles. The lowest BCUT2D eigenvalue weighted by Crippen LogP contribution is -2.38. The fourth-order valence-electron chi connectivity index (χ4n) is 2.06. The number of carbonyl (C=O) groups is 1. The van der Waals surface area contributed by atoms with Crippen molar-refractivity contribution in [1.29, 1.82) is 0 Å². The Morgan fingerprint density at radius 3 is 2.83 bits per heavy atom. The first-order valence-corrected chi connectivity index (χ1v) is 8.32. The molecule has 5 atom stereocenters. The average molecular weight is 362 g/mol. The number of carbonyl (C=O) groups excluding carboxylic acids is 1. The Morgan fingerprint density at radius 2 is 2.22 bits per heavy atom. The Kier molecular flexibility index (Phi) is 5.92. The molecular weight excluding hydrogens is 344 g/mol. The first kappa shape index (κ1) is 18.1. The number of anilines is 1. The lowest BCUT2D eigenvalue weighted by atomic mass is 10.1. The molecule has 0 bridgehead atoms. The van der Waals surface area contributed by atoms with Crippen molar-refractivity contribution in [3.63, 3.8) is 0 Å². The molecule has 128 valence electrons. The number of thiol groups is 1. The van der Waals surface area contributed by atoms with Gasteiger partial charge in [0.05, 0.1) is 11.4 Å². The number of rotatable bonds is 5. The molecule has 11 heteroatoms. The van der Waals surface area contributed by atoms with E-state index in [1.165, 1.54) is 16.8 Å². The Labute approximate surface area is 141 Å². The van der Waals surface area contributed by atoms with Gasteiger partial charge in [-0.25, -0.2) is 4.79 Å². The van der Waals surface area contributed by atoms with Crippen LogP contribution in [-0.4, -0.2) is 61.6 Å². The molecule has 0 spiro atoms. The summed E-state index contributed by atoms with van der Waals surface area (Å²) >= 11 is 5.00. The minimum atomic E-state index is -1.22.